The summed E-state index contributed by atoms with van der Waals surface area (Å²) >= 11 is 0. The molecule has 3 rings (SSSR count). The van der Waals surface area contributed by atoms with Gasteiger partial charge in [-0.3, -0.25) is 0 Å². The van der Waals surface area contributed by atoms with E-state index in [-0.39, 0.29) is 11.6 Å². The molecule has 0 saturated carbocycles. The van der Waals surface area contributed by atoms with Crippen molar-refractivity contribution >= 4 is 10.0 Å². The van der Waals surface area contributed by atoms with Gasteiger partial charge in [-0.25, -0.2) is 13.1 Å². The van der Waals surface area contributed by atoms with Crippen molar-refractivity contribution in [2.24, 2.45) is 0 Å². The third-order valence-electron chi connectivity index (χ3n) is 3.41. The molecular formula is C17H16N2O3S. The van der Waals surface area contributed by atoms with Crippen molar-refractivity contribution in [1.29, 1.82) is 0 Å². The molecule has 1 aromatic heterocycles. The maximum absolute atomic E-state index is 12.3. The average molecular weight is 328 g/mol. The molecule has 0 atom stereocenters. The number of nitrogens with zero attached hydrogens (tertiary/aromatic N) is 1. The molecule has 2 aromatic carbocycles. The maximum Gasteiger partial charge on any atom is 0.277 e. The largest absolute Gasteiger partial charge is 0.343 e. The van der Waals surface area contributed by atoms with Crippen LogP contribution >= 0.6 is 0 Å². The van der Waals surface area contributed by atoms with Gasteiger partial charge in [0.1, 0.15) is 5.69 Å². The van der Waals surface area contributed by atoms with Crippen LogP contribution in [0.1, 0.15) is 11.1 Å². The SMILES string of the molecule is Cc1ccc(CNS(=O)(=O)c2cc(-c3ccccc3)no2)cc1. The minimum absolute atomic E-state index is 0.191. The lowest BCUT2D eigenvalue weighted by molar-refractivity contribution is 0.339. The summed E-state index contributed by atoms with van der Waals surface area (Å²) in [6.45, 7) is 2.18. The van der Waals surface area contributed by atoms with Crippen molar-refractivity contribution in [3.8, 4) is 11.3 Å². The van der Waals surface area contributed by atoms with Crippen molar-refractivity contribution in [3.63, 3.8) is 0 Å². The Balaban J connectivity index is 1.75. The summed E-state index contributed by atoms with van der Waals surface area (Å²) in [4.78, 5) is 0. The lowest BCUT2D eigenvalue weighted by atomic mass is 10.2. The number of aryl methyl sites for hydroxylation is 1. The molecule has 0 radical (unpaired) electrons. The van der Waals surface area contributed by atoms with Crippen molar-refractivity contribution in [1.82, 2.24) is 9.88 Å². The fourth-order valence-electron chi connectivity index (χ4n) is 2.09. The van der Waals surface area contributed by atoms with Crippen molar-refractivity contribution < 1.29 is 12.9 Å². The molecule has 118 valence electrons. The van der Waals surface area contributed by atoms with E-state index < -0.39 is 10.0 Å². The summed E-state index contributed by atoms with van der Waals surface area (Å²) in [6, 6.07) is 18.3. The van der Waals surface area contributed by atoms with Gasteiger partial charge in [0, 0.05) is 18.2 Å². The minimum Gasteiger partial charge on any atom is -0.343 e. The first kappa shape index (κ1) is 15.5. The second kappa shape index (κ2) is 6.36. The molecular weight excluding hydrogens is 312 g/mol. The Morgan fingerprint density at radius 3 is 2.43 bits per heavy atom. The van der Waals surface area contributed by atoms with E-state index in [1.807, 2.05) is 61.5 Å². The highest BCUT2D eigenvalue weighted by Crippen LogP contribution is 2.21. The number of hydrogen-bond donors (Lipinski definition) is 1. The molecule has 0 spiro atoms. The van der Waals surface area contributed by atoms with E-state index in [1.54, 1.807) is 0 Å². The van der Waals surface area contributed by atoms with Crippen LogP contribution in [0.4, 0.5) is 0 Å². The van der Waals surface area contributed by atoms with E-state index in [1.165, 1.54) is 6.07 Å². The number of nitrogens with one attached hydrogen (secondary N) is 1. The molecule has 5 nitrogen and oxygen atoms in total. The second-order valence-electron chi connectivity index (χ2n) is 5.21. The number of aromatic nitrogens is 1. The topological polar surface area (TPSA) is 72.2 Å². The molecule has 0 bridgehead atoms. The Hall–Kier alpha value is -2.44. The molecule has 3 aromatic rings. The molecule has 23 heavy (non-hydrogen) atoms. The van der Waals surface area contributed by atoms with Crippen LogP contribution in [0.25, 0.3) is 11.3 Å². The zero-order valence-corrected chi connectivity index (χ0v) is 13.4. The van der Waals surface area contributed by atoms with Crippen LogP contribution in [0.2, 0.25) is 0 Å². The fourth-order valence-corrected chi connectivity index (χ4v) is 2.99. The molecule has 0 fully saturated rings. The minimum atomic E-state index is -3.73. The van der Waals surface area contributed by atoms with Gasteiger partial charge in [0.2, 0.25) is 0 Å². The molecule has 0 aliphatic heterocycles. The Bertz CT molecular complexity index is 885. The van der Waals surface area contributed by atoms with E-state index in [0.717, 1.165) is 16.7 Å². The predicted molar refractivity (Wildman–Crippen MR) is 87.1 cm³/mol. The lowest BCUT2D eigenvalue weighted by Gasteiger charge is -2.04. The molecule has 0 amide bonds. The molecule has 0 saturated heterocycles. The molecule has 0 aliphatic carbocycles. The molecule has 6 heteroatoms. The Kier molecular flexibility index (Phi) is 4.27. The maximum atomic E-state index is 12.3. The van der Waals surface area contributed by atoms with Crippen LogP contribution in [-0.2, 0) is 16.6 Å². The Morgan fingerprint density at radius 1 is 1.04 bits per heavy atom. The lowest BCUT2D eigenvalue weighted by Crippen LogP contribution is -2.22. The molecule has 0 unspecified atom stereocenters. The first-order chi connectivity index (χ1) is 11.0. The monoisotopic (exact) mass is 328 g/mol. The first-order valence-corrected chi connectivity index (χ1v) is 8.60. The van der Waals surface area contributed by atoms with Gasteiger partial charge in [-0.15, -0.1) is 0 Å². The highest BCUT2D eigenvalue weighted by Gasteiger charge is 2.20. The second-order valence-corrected chi connectivity index (χ2v) is 6.91. The number of sulfonamides is 1. The van der Waals surface area contributed by atoms with Gasteiger partial charge in [-0.2, -0.15) is 0 Å². The smallest absolute Gasteiger partial charge is 0.277 e. The number of hydrogen-bond acceptors (Lipinski definition) is 4. The van der Waals surface area contributed by atoms with Crippen molar-refractivity contribution in [3.05, 3.63) is 71.8 Å². The van der Waals surface area contributed by atoms with E-state index in [9.17, 15) is 8.42 Å². The normalized spacial score (nSPS) is 11.5. The number of rotatable bonds is 5. The highest BCUT2D eigenvalue weighted by atomic mass is 32.2. The van der Waals surface area contributed by atoms with Gasteiger partial charge in [0.25, 0.3) is 15.1 Å². The third kappa shape index (κ3) is 3.67. The van der Waals surface area contributed by atoms with Gasteiger partial charge in [-0.05, 0) is 12.5 Å². The summed E-state index contributed by atoms with van der Waals surface area (Å²) in [5.41, 5.74) is 3.29. The Morgan fingerprint density at radius 2 is 1.74 bits per heavy atom. The van der Waals surface area contributed by atoms with Crippen LogP contribution in [0.5, 0.6) is 0 Å². The zero-order valence-electron chi connectivity index (χ0n) is 12.6. The number of benzene rings is 2. The van der Waals surface area contributed by atoms with E-state index in [0.29, 0.717) is 5.69 Å². The van der Waals surface area contributed by atoms with Gasteiger partial charge < -0.3 is 4.52 Å². The van der Waals surface area contributed by atoms with Gasteiger partial charge in [0.05, 0.1) is 0 Å². The van der Waals surface area contributed by atoms with E-state index >= 15 is 0 Å². The summed E-state index contributed by atoms with van der Waals surface area (Å²) in [5.74, 6) is 0. The van der Waals surface area contributed by atoms with E-state index in [4.69, 9.17) is 4.52 Å². The first-order valence-electron chi connectivity index (χ1n) is 7.12. The van der Waals surface area contributed by atoms with Crippen LogP contribution in [0, 0.1) is 6.92 Å². The average Bonchev–Trinajstić information content (AvgIpc) is 3.06. The summed E-state index contributed by atoms with van der Waals surface area (Å²) < 4.78 is 32.0. The van der Waals surface area contributed by atoms with Crippen molar-refractivity contribution in [2.75, 3.05) is 0 Å². The molecule has 0 aliphatic rings. The summed E-state index contributed by atoms with van der Waals surface area (Å²) in [7, 11) is -3.73. The highest BCUT2D eigenvalue weighted by molar-refractivity contribution is 7.89. The molecule has 1 N–H and O–H groups in total. The fraction of sp³-hybridized carbons (Fsp3) is 0.118. The van der Waals surface area contributed by atoms with Crippen molar-refractivity contribution in [2.45, 2.75) is 18.6 Å². The quantitative estimate of drug-likeness (QED) is 0.781. The third-order valence-corrected chi connectivity index (χ3v) is 4.66. The van der Waals surface area contributed by atoms with Gasteiger partial charge in [-0.1, -0.05) is 65.3 Å². The predicted octanol–water partition coefficient (Wildman–Crippen LogP) is 3.13. The van der Waals surface area contributed by atoms with Crippen LogP contribution in [0.3, 0.4) is 0 Å². The van der Waals surface area contributed by atoms with Gasteiger partial charge in [0.15, 0.2) is 0 Å². The summed E-state index contributed by atoms with van der Waals surface area (Å²) in [5, 5.41) is 3.63. The Labute approximate surface area is 135 Å². The standard InChI is InChI=1S/C17H16N2O3S/c1-13-7-9-14(10-8-13)12-18-23(20,21)17-11-16(19-22-17)15-5-3-2-4-6-15/h2-11,18H,12H2,1H3. The summed E-state index contributed by atoms with van der Waals surface area (Å²) in [6.07, 6.45) is 0. The zero-order chi connectivity index (χ0) is 16.3. The van der Waals surface area contributed by atoms with Crippen LogP contribution in [-0.4, -0.2) is 13.6 Å². The van der Waals surface area contributed by atoms with Crippen LogP contribution < -0.4 is 4.72 Å². The molecule has 1 heterocycles. The van der Waals surface area contributed by atoms with Gasteiger partial charge >= 0.3 is 0 Å². The van der Waals surface area contributed by atoms with E-state index in [2.05, 4.69) is 9.88 Å². The van der Waals surface area contributed by atoms with Crippen LogP contribution in [0.15, 0.2) is 70.3 Å².